The maximum Gasteiger partial charge on any atom is 0.318 e. The number of rotatable bonds is 3. The summed E-state index contributed by atoms with van der Waals surface area (Å²) in [4.78, 5) is 17.4. The van der Waals surface area contributed by atoms with E-state index in [0.717, 1.165) is 43.8 Å². The second-order valence-corrected chi connectivity index (χ2v) is 7.63. The van der Waals surface area contributed by atoms with Gasteiger partial charge in [0.15, 0.2) is 0 Å². The molecule has 1 N–H and O–H groups in total. The quantitative estimate of drug-likeness (QED) is 0.915. The zero-order chi connectivity index (χ0) is 18.0. The van der Waals surface area contributed by atoms with E-state index in [1.165, 1.54) is 12.0 Å². The molecule has 3 atom stereocenters. The maximum atomic E-state index is 13.0. The molecule has 5 heteroatoms. The third-order valence-electron chi connectivity index (χ3n) is 5.72. The molecule has 138 valence electrons. The number of hydrogen-bond acceptors (Lipinski definition) is 3. The average molecular weight is 345 g/mol. The Hall–Kier alpha value is -1.75. The first-order valence-electron chi connectivity index (χ1n) is 9.40. The van der Waals surface area contributed by atoms with E-state index in [4.69, 9.17) is 4.74 Å². The van der Waals surface area contributed by atoms with E-state index in [1.54, 1.807) is 7.11 Å². The number of nitrogens with one attached hydrogen (secondary N) is 1. The Balaban J connectivity index is 1.70. The number of urea groups is 1. The Morgan fingerprint density at radius 3 is 2.88 bits per heavy atom. The lowest BCUT2D eigenvalue weighted by Gasteiger charge is -2.46. The van der Waals surface area contributed by atoms with Gasteiger partial charge in [0.2, 0.25) is 0 Å². The summed E-state index contributed by atoms with van der Waals surface area (Å²) in [7, 11) is 3.86. The molecule has 2 aliphatic rings. The van der Waals surface area contributed by atoms with E-state index in [0.29, 0.717) is 12.0 Å². The molecule has 2 saturated heterocycles. The molecule has 3 rings (SSSR count). The number of piperidine rings is 2. The molecule has 0 bridgehead atoms. The molecule has 0 unspecified atom stereocenters. The van der Waals surface area contributed by atoms with Crippen LogP contribution in [-0.2, 0) is 0 Å². The summed E-state index contributed by atoms with van der Waals surface area (Å²) in [6.45, 7) is 7.15. The highest BCUT2D eigenvalue weighted by Crippen LogP contribution is 2.31. The van der Waals surface area contributed by atoms with Gasteiger partial charge in [-0.15, -0.1) is 0 Å². The summed E-state index contributed by atoms with van der Waals surface area (Å²) in [5.74, 6) is 1.44. The minimum atomic E-state index is -0.0750. The van der Waals surface area contributed by atoms with Crippen LogP contribution in [0.4, 0.5) is 4.79 Å². The molecule has 2 fully saturated rings. The number of benzene rings is 1. The van der Waals surface area contributed by atoms with Crippen LogP contribution in [0.2, 0.25) is 0 Å². The number of carbonyl (C=O) groups excluding carboxylic acids is 1. The van der Waals surface area contributed by atoms with Crippen molar-refractivity contribution < 1.29 is 9.53 Å². The largest absolute Gasteiger partial charge is 0.496 e. The van der Waals surface area contributed by atoms with Gasteiger partial charge < -0.3 is 19.9 Å². The summed E-state index contributed by atoms with van der Waals surface area (Å²) in [5, 5.41) is 3.21. The van der Waals surface area contributed by atoms with Crippen molar-refractivity contribution in [3.8, 4) is 5.75 Å². The highest BCUT2D eigenvalue weighted by molar-refractivity contribution is 5.75. The molecule has 2 amide bonds. The van der Waals surface area contributed by atoms with Crippen LogP contribution in [-0.4, -0.2) is 55.7 Å². The molecule has 0 saturated carbocycles. The lowest BCUT2D eigenvalue weighted by atomic mass is 9.84. The number of likely N-dealkylation sites (tertiary alicyclic amines) is 2. The second-order valence-electron chi connectivity index (χ2n) is 7.63. The Morgan fingerprint density at radius 2 is 2.12 bits per heavy atom. The molecular formula is C20H31N3O2. The van der Waals surface area contributed by atoms with Crippen molar-refractivity contribution in [3.05, 3.63) is 29.3 Å². The third-order valence-corrected chi connectivity index (χ3v) is 5.72. The number of methoxy groups -OCH3 is 1. The van der Waals surface area contributed by atoms with E-state index in [-0.39, 0.29) is 12.1 Å². The van der Waals surface area contributed by atoms with Gasteiger partial charge in [-0.05, 0) is 58.7 Å². The summed E-state index contributed by atoms with van der Waals surface area (Å²) >= 11 is 0. The number of amides is 2. The fourth-order valence-electron chi connectivity index (χ4n) is 4.38. The van der Waals surface area contributed by atoms with Crippen molar-refractivity contribution in [2.75, 3.05) is 33.8 Å². The van der Waals surface area contributed by atoms with Gasteiger partial charge in [-0.1, -0.05) is 17.7 Å². The monoisotopic (exact) mass is 345 g/mol. The van der Waals surface area contributed by atoms with Crippen molar-refractivity contribution in [1.82, 2.24) is 15.1 Å². The lowest BCUT2D eigenvalue weighted by Crippen LogP contribution is -2.57. The molecule has 0 aliphatic carbocycles. The highest BCUT2D eigenvalue weighted by Gasteiger charge is 2.37. The van der Waals surface area contributed by atoms with Gasteiger partial charge in [-0.2, -0.15) is 0 Å². The number of nitrogens with zero attached hydrogens (tertiary/aromatic N) is 2. The van der Waals surface area contributed by atoms with Gasteiger partial charge in [-0.25, -0.2) is 4.79 Å². The summed E-state index contributed by atoms with van der Waals surface area (Å²) in [6.07, 6.45) is 3.42. The van der Waals surface area contributed by atoms with Crippen LogP contribution >= 0.6 is 0 Å². The predicted molar refractivity (Wildman–Crippen MR) is 100 cm³/mol. The molecule has 0 aromatic heterocycles. The van der Waals surface area contributed by atoms with E-state index in [2.05, 4.69) is 35.2 Å². The van der Waals surface area contributed by atoms with Crippen molar-refractivity contribution >= 4 is 6.03 Å². The molecule has 5 nitrogen and oxygen atoms in total. The van der Waals surface area contributed by atoms with Crippen molar-refractivity contribution in [2.45, 2.75) is 45.2 Å². The third kappa shape index (κ3) is 3.92. The van der Waals surface area contributed by atoms with Gasteiger partial charge in [0.05, 0.1) is 13.2 Å². The van der Waals surface area contributed by atoms with E-state index in [1.807, 2.05) is 19.1 Å². The number of aryl methyl sites for hydroxylation is 1. The topological polar surface area (TPSA) is 44.8 Å². The van der Waals surface area contributed by atoms with E-state index < -0.39 is 0 Å². The minimum Gasteiger partial charge on any atom is -0.496 e. The first kappa shape index (κ1) is 18.1. The fourth-order valence-corrected chi connectivity index (χ4v) is 4.38. The van der Waals surface area contributed by atoms with Gasteiger partial charge >= 0.3 is 6.03 Å². The first-order chi connectivity index (χ1) is 12.0. The molecule has 25 heavy (non-hydrogen) atoms. The van der Waals surface area contributed by atoms with Crippen molar-refractivity contribution in [1.29, 1.82) is 0 Å². The van der Waals surface area contributed by atoms with E-state index >= 15 is 0 Å². The second kappa shape index (κ2) is 7.65. The normalized spacial score (nSPS) is 25.2. The van der Waals surface area contributed by atoms with Crippen LogP contribution in [0.25, 0.3) is 0 Å². The minimum absolute atomic E-state index is 0.0651. The Labute approximate surface area is 151 Å². The van der Waals surface area contributed by atoms with Crippen LogP contribution in [0, 0.1) is 12.8 Å². The predicted octanol–water partition coefficient (Wildman–Crippen LogP) is 3.19. The molecule has 0 radical (unpaired) electrons. The molecule has 0 spiro atoms. The zero-order valence-corrected chi connectivity index (χ0v) is 15.9. The highest BCUT2D eigenvalue weighted by atomic mass is 16.5. The fraction of sp³-hybridized carbons (Fsp3) is 0.650. The maximum absolute atomic E-state index is 13.0. The van der Waals surface area contributed by atoms with Crippen LogP contribution in [0.1, 0.15) is 43.4 Å². The number of ether oxygens (including phenoxy) is 1. The van der Waals surface area contributed by atoms with Crippen molar-refractivity contribution in [2.24, 2.45) is 5.92 Å². The van der Waals surface area contributed by atoms with Gasteiger partial charge in [-0.3, -0.25) is 0 Å². The smallest absolute Gasteiger partial charge is 0.318 e. The summed E-state index contributed by atoms with van der Waals surface area (Å²) in [6, 6.07) is 6.48. The Bertz CT molecular complexity index is 619. The standard InChI is InChI=1S/C20H31N3O2/c1-14-7-8-19(25-4)17(12-14)15(2)21-20(24)23-10-5-6-16-13-22(3)11-9-18(16)23/h7-8,12,15-16,18H,5-6,9-11,13H2,1-4H3,(H,21,24)/t15-,16-,18+/m0/s1. The molecule has 1 aromatic rings. The Morgan fingerprint density at radius 1 is 1.32 bits per heavy atom. The summed E-state index contributed by atoms with van der Waals surface area (Å²) in [5.41, 5.74) is 2.21. The number of hydrogen-bond donors (Lipinski definition) is 1. The van der Waals surface area contributed by atoms with Crippen molar-refractivity contribution in [3.63, 3.8) is 0 Å². The molecule has 2 aliphatic heterocycles. The molecular weight excluding hydrogens is 314 g/mol. The lowest BCUT2D eigenvalue weighted by molar-refractivity contribution is 0.0525. The van der Waals surface area contributed by atoms with Crippen LogP contribution in [0.15, 0.2) is 18.2 Å². The van der Waals surface area contributed by atoms with Crippen LogP contribution < -0.4 is 10.1 Å². The molecule has 2 heterocycles. The first-order valence-corrected chi connectivity index (χ1v) is 9.40. The van der Waals surface area contributed by atoms with E-state index in [9.17, 15) is 4.79 Å². The van der Waals surface area contributed by atoms with Gasteiger partial charge in [0.1, 0.15) is 5.75 Å². The van der Waals surface area contributed by atoms with Gasteiger partial charge in [0, 0.05) is 24.7 Å². The van der Waals surface area contributed by atoms with Crippen LogP contribution in [0.5, 0.6) is 5.75 Å². The SMILES string of the molecule is COc1ccc(C)cc1[C@H](C)NC(=O)N1CCC[C@H]2CN(C)CC[C@H]21. The van der Waals surface area contributed by atoms with Gasteiger partial charge in [0.25, 0.3) is 0 Å². The average Bonchev–Trinajstić information content (AvgIpc) is 2.60. The Kier molecular flexibility index (Phi) is 5.52. The number of fused-ring (bicyclic) bond motifs is 1. The number of carbonyl (C=O) groups is 1. The molecule has 1 aromatic carbocycles. The zero-order valence-electron chi connectivity index (χ0n) is 15.9. The van der Waals surface area contributed by atoms with Crippen LogP contribution in [0.3, 0.4) is 0 Å². The summed E-state index contributed by atoms with van der Waals surface area (Å²) < 4.78 is 5.48.